The minimum atomic E-state index is -4.15. The van der Waals surface area contributed by atoms with Crippen molar-refractivity contribution in [1.29, 1.82) is 0 Å². The van der Waals surface area contributed by atoms with Crippen LogP contribution in [0.25, 0.3) is 10.1 Å². The van der Waals surface area contributed by atoms with E-state index >= 15 is 0 Å². The van der Waals surface area contributed by atoms with Gasteiger partial charge < -0.3 is 12.6 Å². The summed E-state index contributed by atoms with van der Waals surface area (Å²) in [6.07, 6.45) is 1.27. The second kappa shape index (κ2) is 7.55. The van der Waals surface area contributed by atoms with Gasteiger partial charge in [-0.15, -0.1) is 13.2 Å². The molecule has 1 heterocycles. The largest absolute Gasteiger partial charge is 0.600 e. The molecule has 118 valence electrons. The summed E-state index contributed by atoms with van der Waals surface area (Å²) in [5.74, 6) is 0. The second-order valence-electron chi connectivity index (χ2n) is 4.34. The van der Waals surface area contributed by atoms with Crippen molar-refractivity contribution >= 4 is 20.6 Å². The summed E-state index contributed by atoms with van der Waals surface area (Å²) < 4.78 is 65.3. The highest BCUT2D eigenvalue weighted by molar-refractivity contribution is 7.38. The van der Waals surface area contributed by atoms with Gasteiger partial charge in [-0.05, 0) is 25.5 Å². The maximum Gasteiger partial charge on any atom is 0.600 e. The molecule has 1 atom stereocenters. The fraction of sp³-hybridized carbons (Fsp3) is 0.385. The van der Waals surface area contributed by atoms with Gasteiger partial charge in [-0.25, -0.2) is 0 Å². The Labute approximate surface area is 128 Å². The van der Waals surface area contributed by atoms with Gasteiger partial charge in [-0.1, -0.05) is 18.6 Å². The Morgan fingerprint density at radius 3 is 2.19 bits per heavy atom. The Balaban J connectivity index is 0.000000491. The SMILES string of the molecule is CCCc1cc2cc(C)ccc2[s+]1C(F)(F)F.[O-][Br+2]([O-])[O-]. The molecule has 2 rings (SSSR count). The molecule has 0 spiro atoms. The molecule has 0 aliphatic heterocycles. The number of rotatable bonds is 2. The number of benzene rings is 1. The van der Waals surface area contributed by atoms with Crippen molar-refractivity contribution in [3.63, 3.8) is 0 Å². The summed E-state index contributed by atoms with van der Waals surface area (Å²) in [5.41, 5.74) is -3.15. The van der Waals surface area contributed by atoms with E-state index in [0.29, 0.717) is 16.0 Å². The maximum atomic E-state index is 13.1. The lowest BCUT2D eigenvalue weighted by Crippen LogP contribution is -2.42. The first-order valence-corrected chi connectivity index (χ1v) is 9.19. The summed E-state index contributed by atoms with van der Waals surface area (Å²) in [5, 5.41) is 0.745. The van der Waals surface area contributed by atoms with Crippen LogP contribution in [0.2, 0.25) is 0 Å². The molecule has 0 aliphatic rings. The number of hydrogen-bond acceptors (Lipinski definition) is 3. The average Bonchev–Trinajstić information content (AvgIpc) is 2.65. The fourth-order valence-electron chi connectivity index (χ4n) is 2.03. The van der Waals surface area contributed by atoms with Gasteiger partial charge in [-0.2, -0.15) is 0 Å². The zero-order valence-corrected chi connectivity index (χ0v) is 13.8. The van der Waals surface area contributed by atoms with E-state index in [1.165, 1.54) is 0 Å². The van der Waals surface area contributed by atoms with Gasteiger partial charge in [0.1, 0.15) is 0 Å². The summed E-state index contributed by atoms with van der Waals surface area (Å²) in [4.78, 5) is 0.528. The molecule has 1 aromatic carbocycles. The monoisotopic (exact) mass is 386 g/mol. The highest BCUT2D eigenvalue weighted by Crippen LogP contribution is 2.51. The molecule has 2 aromatic rings. The highest BCUT2D eigenvalue weighted by atomic mass is 80.0. The summed E-state index contributed by atoms with van der Waals surface area (Å²) in [7, 11) is -1.70. The van der Waals surface area contributed by atoms with Crippen LogP contribution in [0.1, 0.15) is 23.8 Å². The number of halogens is 4. The third-order valence-corrected chi connectivity index (χ3v) is 4.81. The molecule has 0 bridgehead atoms. The van der Waals surface area contributed by atoms with E-state index in [1.54, 1.807) is 18.2 Å². The van der Waals surface area contributed by atoms with Crippen LogP contribution < -0.4 is 12.6 Å². The molecule has 0 saturated carbocycles. The Morgan fingerprint density at radius 2 is 1.71 bits per heavy atom. The first kappa shape index (κ1) is 18.4. The van der Waals surface area contributed by atoms with Crippen LogP contribution in [-0.2, 0) is 11.9 Å². The lowest BCUT2D eigenvalue weighted by atomic mass is 10.2. The van der Waals surface area contributed by atoms with Crippen molar-refractivity contribution < 1.29 is 40.6 Å². The third-order valence-electron chi connectivity index (χ3n) is 2.69. The molecule has 1 aromatic heterocycles. The van der Waals surface area contributed by atoms with Crippen LogP contribution in [0.4, 0.5) is 13.2 Å². The molecule has 1 unspecified atom stereocenters. The normalized spacial score (nSPS) is 12.5. The summed E-state index contributed by atoms with van der Waals surface area (Å²) in [6, 6.07) is 6.94. The molecule has 8 heteroatoms. The van der Waals surface area contributed by atoms with Crippen molar-refractivity contribution in [3.05, 3.63) is 34.7 Å². The topological polar surface area (TPSA) is 69.2 Å². The molecule has 0 radical (unpaired) electrons. The van der Waals surface area contributed by atoms with Gasteiger partial charge in [0.25, 0.3) is 0 Å². The van der Waals surface area contributed by atoms with Gasteiger partial charge in [0.15, 0.2) is 9.58 Å². The van der Waals surface area contributed by atoms with Gasteiger partial charge in [-0.3, -0.25) is 0 Å². The zero-order chi connectivity index (χ0) is 16.2. The molecule has 3 nitrogen and oxygen atoms in total. The fourth-order valence-corrected chi connectivity index (χ4v) is 4.07. The number of hydrogen-bond donors (Lipinski definition) is 0. The molecule has 0 saturated heterocycles. The van der Waals surface area contributed by atoms with E-state index in [2.05, 4.69) is 0 Å². The highest BCUT2D eigenvalue weighted by Gasteiger charge is 2.47. The van der Waals surface area contributed by atoms with Crippen LogP contribution in [0.5, 0.6) is 0 Å². The van der Waals surface area contributed by atoms with Crippen molar-refractivity contribution in [2.45, 2.75) is 32.2 Å². The van der Waals surface area contributed by atoms with Crippen LogP contribution in [0.3, 0.4) is 0 Å². The minimum Gasteiger partial charge on any atom is -0.405 e. The van der Waals surface area contributed by atoms with E-state index in [0.717, 1.165) is 17.4 Å². The van der Waals surface area contributed by atoms with Crippen LogP contribution >= 0.6 is 10.5 Å². The lowest BCUT2D eigenvalue weighted by molar-refractivity contribution is -1.73. The van der Waals surface area contributed by atoms with E-state index in [-0.39, 0.29) is 0 Å². The van der Waals surface area contributed by atoms with Gasteiger partial charge in [0, 0.05) is 17.9 Å². The molecule has 0 aliphatic carbocycles. The quantitative estimate of drug-likeness (QED) is 0.738. The number of aryl methyl sites for hydroxylation is 2. The Kier molecular flexibility index (Phi) is 6.61. The maximum absolute atomic E-state index is 13.1. The number of alkyl halides is 3. The van der Waals surface area contributed by atoms with Crippen molar-refractivity contribution in [2.75, 3.05) is 0 Å². The van der Waals surface area contributed by atoms with E-state index in [9.17, 15) is 13.2 Å². The molecule has 0 amide bonds. The number of thiophene rings is 1. The Hall–Kier alpha value is -0.670. The summed E-state index contributed by atoms with van der Waals surface area (Å²) in [6.45, 7) is 3.81. The molecular formula is C13H14BrF3O3S. The van der Waals surface area contributed by atoms with Crippen LogP contribution in [-0.4, -0.2) is 0 Å². The minimum absolute atomic E-state index is 0.437. The van der Waals surface area contributed by atoms with Crippen molar-refractivity contribution in [3.8, 4) is 0 Å². The smallest absolute Gasteiger partial charge is 0.405 e. The molecule has 0 N–H and O–H groups in total. The molecule has 21 heavy (non-hydrogen) atoms. The van der Waals surface area contributed by atoms with Crippen LogP contribution in [0.15, 0.2) is 24.3 Å². The van der Waals surface area contributed by atoms with Gasteiger partial charge >= 0.3 is 5.51 Å². The standard InChI is InChI=1S/C13H14F3S.BrO3/c1-3-4-11-8-10-7-9(2)5-6-12(10)17(11)13(14,15)16;2-1(3)4/h5-8H,3-4H2,1-2H3;/q+1;-1. The number of fused-ring (bicyclic) bond motifs is 1. The van der Waals surface area contributed by atoms with Crippen molar-refractivity contribution in [2.24, 2.45) is 0 Å². The molecule has 0 fully saturated rings. The van der Waals surface area contributed by atoms with Crippen molar-refractivity contribution in [1.82, 2.24) is 0 Å². The Bertz CT molecular complexity index is 593. The predicted molar refractivity (Wildman–Crippen MR) is 66.5 cm³/mol. The van der Waals surface area contributed by atoms with E-state index in [1.807, 2.05) is 19.9 Å². The predicted octanol–water partition coefficient (Wildman–Crippen LogP) is 1.76. The van der Waals surface area contributed by atoms with E-state index in [4.69, 9.17) is 12.6 Å². The average molecular weight is 387 g/mol. The first-order valence-electron chi connectivity index (χ1n) is 6.02. The lowest BCUT2D eigenvalue weighted by Gasteiger charge is -1.99. The Morgan fingerprint density at radius 1 is 1.14 bits per heavy atom. The summed E-state index contributed by atoms with van der Waals surface area (Å²) >= 11 is -3.65. The van der Waals surface area contributed by atoms with E-state index < -0.39 is 30.8 Å². The molecular weight excluding hydrogens is 373 g/mol. The third kappa shape index (κ3) is 5.23. The van der Waals surface area contributed by atoms with Gasteiger partial charge in [0.2, 0.25) is 14.8 Å². The van der Waals surface area contributed by atoms with Gasteiger partial charge in [0.05, 0.1) is 10.5 Å². The first-order chi connectivity index (χ1) is 9.66. The van der Waals surface area contributed by atoms with Crippen LogP contribution in [0, 0.1) is 21.7 Å². The zero-order valence-electron chi connectivity index (χ0n) is 11.4. The second-order valence-corrected chi connectivity index (χ2v) is 7.18.